The molecule has 0 aliphatic carbocycles. The lowest BCUT2D eigenvalue weighted by atomic mass is 9.97. The third kappa shape index (κ3) is 4.56. The molecule has 8 nitrogen and oxygen atoms in total. The molecule has 1 aliphatic heterocycles. The van der Waals surface area contributed by atoms with Gasteiger partial charge in [-0.1, -0.05) is 17.7 Å². The van der Waals surface area contributed by atoms with Crippen LogP contribution in [0.1, 0.15) is 12.8 Å². The number of aromatic nitrogens is 3. The van der Waals surface area contributed by atoms with Gasteiger partial charge in [-0.15, -0.1) is 0 Å². The maximum absolute atomic E-state index is 14.9. The summed E-state index contributed by atoms with van der Waals surface area (Å²) in [6.45, 7) is 1.25. The molecule has 1 aliphatic rings. The SMILES string of the molecule is Cn1cc(-c2cc(F)cc(-c3ccc(-n4ccn(C)c4=O)c(Cl)c3)c2O)cc(N2CCC[C@H](N)C2)c1=O. The highest BCUT2D eigenvalue weighted by atomic mass is 35.5. The Balaban J connectivity index is 1.60. The summed E-state index contributed by atoms with van der Waals surface area (Å²) in [4.78, 5) is 27.2. The van der Waals surface area contributed by atoms with Gasteiger partial charge in [-0.3, -0.25) is 9.36 Å². The van der Waals surface area contributed by atoms with E-state index in [1.807, 2.05) is 4.90 Å². The third-order valence-corrected chi connectivity index (χ3v) is 7.12. The van der Waals surface area contributed by atoms with Crippen molar-refractivity contribution in [2.24, 2.45) is 19.8 Å². The van der Waals surface area contributed by atoms with E-state index in [2.05, 4.69) is 0 Å². The molecule has 2 aromatic heterocycles. The summed E-state index contributed by atoms with van der Waals surface area (Å²) in [6.07, 6.45) is 6.57. The van der Waals surface area contributed by atoms with E-state index < -0.39 is 5.82 Å². The number of rotatable bonds is 4. The van der Waals surface area contributed by atoms with E-state index in [9.17, 15) is 19.1 Å². The van der Waals surface area contributed by atoms with Gasteiger partial charge in [0.1, 0.15) is 17.3 Å². The molecule has 10 heteroatoms. The van der Waals surface area contributed by atoms with Gasteiger partial charge in [-0.05, 0) is 48.7 Å². The predicted molar refractivity (Wildman–Crippen MR) is 143 cm³/mol. The normalized spacial score (nSPS) is 15.8. The number of benzene rings is 2. The van der Waals surface area contributed by atoms with E-state index in [-0.39, 0.29) is 39.2 Å². The zero-order valence-corrected chi connectivity index (χ0v) is 21.2. The highest BCUT2D eigenvalue weighted by molar-refractivity contribution is 6.32. The number of piperidine rings is 1. The fraction of sp³-hybridized carbons (Fsp3) is 0.259. The van der Waals surface area contributed by atoms with Gasteiger partial charge in [0, 0.05) is 68.5 Å². The number of hydrogen-bond acceptors (Lipinski definition) is 5. The lowest BCUT2D eigenvalue weighted by Crippen LogP contribution is -2.45. The number of aromatic hydroxyl groups is 1. The van der Waals surface area contributed by atoms with Gasteiger partial charge >= 0.3 is 5.69 Å². The standard InChI is InChI=1S/C27H27ClFN5O3/c1-31-8-9-34(27(31)37)23-6-5-16(10-22(23)28)20-12-18(29)13-21(25(20)35)17-11-24(26(36)32(2)14-17)33-7-3-4-19(30)15-33/h5-6,8-14,19,35H,3-4,7,15,30H2,1-2H3/t19-/m0/s1. The Kier molecular flexibility index (Phi) is 6.43. The van der Waals surface area contributed by atoms with Crippen LogP contribution in [-0.2, 0) is 14.1 Å². The Morgan fingerprint density at radius 2 is 1.73 bits per heavy atom. The van der Waals surface area contributed by atoms with Gasteiger partial charge in [0.25, 0.3) is 5.56 Å². The Morgan fingerprint density at radius 3 is 2.38 bits per heavy atom. The Hall–Kier alpha value is -3.82. The maximum Gasteiger partial charge on any atom is 0.332 e. The summed E-state index contributed by atoms with van der Waals surface area (Å²) in [5.74, 6) is -0.709. The minimum absolute atomic E-state index is 0.0317. The number of aryl methyl sites for hydroxylation is 2. The molecule has 3 N–H and O–H groups in total. The monoisotopic (exact) mass is 523 g/mol. The van der Waals surface area contributed by atoms with Crippen LogP contribution in [0.25, 0.3) is 27.9 Å². The summed E-state index contributed by atoms with van der Waals surface area (Å²) in [7, 11) is 3.26. The molecule has 1 atom stereocenters. The van der Waals surface area contributed by atoms with E-state index in [0.717, 1.165) is 12.8 Å². The van der Waals surface area contributed by atoms with Crippen LogP contribution in [0.5, 0.6) is 5.75 Å². The van der Waals surface area contributed by atoms with Gasteiger partial charge in [-0.25, -0.2) is 9.18 Å². The number of halogens is 2. The van der Waals surface area contributed by atoms with Crippen LogP contribution in [0.2, 0.25) is 5.02 Å². The van der Waals surface area contributed by atoms with Gasteiger partial charge < -0.3 is 24.9 Å². The molecule has 0 radical (unpaired) electrons. The van der Waals surface area contributed by atoms with E-state index in [1.165, 1.54) is 25.8 Å². The number of anilines is 1. The number of phenols is 1. The fourth-order valence-electron chi connectivity index (χ4n) is 4.85. The number of imidazole rings is 1. The fourth-order valence-corrected chi connectivity index (χ4v) is 5.13. The highest BCUT2D eigenvalue weighted by Crippen LogP contribution is 2.40. The largest absolute Gasteiger partial charge is 0.507 e. The van der Waals surface area contributed by atoms with Crippen molar-refractivity contribution < 1.29 is 9.50 Å². The van der Waals surface area contributed by atoms with Crippen molar-refractivity contribution in [1.82, 2.24) is 13.7 Å². The van der Waals surface area contributed by atoms with Crippen molar-refractivity contribution in [3.8, 4) is 33.7 Å². The number of pyridine rings is 1. The van der Waals surface area contributed by atoms with Crippen molar-refractivity contribution in [3.63, 3.8) is 0 Å². The van der Waals surface area contributed by atoms with E-state index in [0.29, 0.717) is 35.6 Å². The van der Waals surface area contributed by atoms with E-state index in [1.54, 1.807) is 57.0 Å². The Bertz CT molecular complexity index is 1620. The first-order chi connectivity index (χ1) is 17.6. The van der Waals surface area contributed by atoms with Crippen molar-refractivity contribution in [2.45, 2.75) is 18.9 Å². The van der Waals surface area contributed by atoms with Crippen molar-refractivity contribution >= 4 is 17.3 Å². The van der Waals surface area contributed by atoms with Gasteiger partial charge in [-0.2, -0.15) is 0 Å². The molecule has 37 heavy (non-hydrogen) atoms. The molecule has 4 aromatic rings. The lowest BCUT2D eigenvalue weighted by molar-refractivity contribution is 0.477. The first kappa shape index (κ1) is 24.9. The van der Waals surface area contributed by atoms with Crippen LogP contribution < -0.4 is 21.9 Å². The molecule has 0 amide bonds. The minimum Gasteiger partial charge on any atom is -0.507 e. The quantitative estimate of drug-likeness (QED) is 0.425. The number of phenolic OH excluding ortho intramolecular Hbond substituents is 1. The van der Waals surface area contributed by atoms with Crippen LogP contribution >= 0.6 is 11.6 Å². The average Bonchev–Trinajstić information content (AvgIpc) is 3.19. The van der Waals surface area contributed by atoms with Gasteiger partial charge in [0.05, 0.1) is 10.7 Å². The molecule has 1 saturated heterocycles. The predicted octanol–water partition coefficient (Wildman–Crippen LogP) is 3.63. The molecule has 0 saturated carbocycles. The van der Waals surface area contributed by atoms with Crippen molar-refractivity contribution in [1.29, 1.82) is 0 Å². The molecule has 192 valence electrons. The number of nitrogens with zero attached hydrogens (tertiary/aromatic N) is 4. The first-order valence-electron chi connectivity index (χ1n) is 11.9. The maximum atomic E-state index is 14.9. The highest BCUT2D eigenvalue weighted by Gasteiger charge is 2.22. The molecular formula is C27H27ClFN5O3. The van der Waals surface area contributed by atoms with E-state index in [4.69, 9.17) is 17.3 Å². The molecular weight excluding hydrogens is 497 g/mol. The third-order valence-electron chi connectivity index (χ3n) is 6.81. The number of nitrogens with two attached hydrogens (primary N) is 1. The van der Waals surface area contributed by atoms with Crippen LogP contribution in [0.3, 0.4) is 0 Å². The van der Waals surface area contributed by atoms with Crippen molar-refractivity contribution in [3.05, 3.63) is 86.7 Å². The molecule has 0 bridgehead atoms. The Labute approximate surface area is 217 Å². The summed E-state index contributed by atoms with van der Waals surface area (Å²) >= 11 is 6.50. The lowest BCUT2D eigenvalue weighted by Gasteiger charge is -2.32. The van der Waals surface area contributed by atoms with Crippen LogP contribution in [-0.4, -0.2) is 37.9 Å². The minimum atomic E-state index is -0.558. The molecule has 2 aromatic carbocycles. The second-order valence-corrected chi connectivity index (χ2v) is 9.86. The zero-order chi connectivity index (χ0) is 26.4. The summed E-state index contributed by atoms with van der Waals surface area (Å²) < 4.78 is 19.1. The van der Waals surface area contributed by atoms with Crippen LogP contribution in [0.15, 0.2) is 64.6 Å². The summed E-state index contributed by atoms with van der Waals surface area (Å²) in [5.41, 5.74) is 8.05. The van der Waals surface area contributed by atoms with E-state index >= 15 is 0 Å². The molecule has 0 spiro atoms. The molecule has 0 unspecified atom stereocenters. The molecule has 5 rings (SSSR count). The second-order valence-electron chi connectivity index (χ2n) is 9.46. The van der Waals surface area contributed by atoms with Crippen LogP contribution in [0.4, 0.5) is 10.1 Å². The smallest absolute Gasteiger partial charge is 0.332 e. The number of hydrogen-bond donors (Lipinski definition) is 2. The first-order valence-corrected chi connectivity index (χ1v) is 12.3. The topological polar surface area (TPSA) is 98.4 Å². The second kappa shape index (κ2) is 9.57. The molecule has 1 fully saturated rings. The van der Waals surface area contributed by atoms with Gasteiger partial charge in [0.15, 0.2) is 0 Å². The average molecular weight is 524 g/mol. The van der Waals surface area contributed by atoms with Crippen molar-refractivity contribution in [2.75, 3.05) is 18.0 Å². The summed E-state index contributed by atoms with van der Waals surface area (Å²) in [6, 6.07) is 9.00. The van der Waals surface area contributed by atoms with Gasteiger partial charge in [0.2, 0.25) is 0 Å². The Morgan fingerprint density at radius 1 is 1.00 bits per heavy atom. The molecule has 3 heterocycles. The summed E-state index contributed by atoms with van der Waals surface area (Å²) in [5, 5.41) is 11.5. The zero-order valence-electron chi connectivity index (χ0n) is 20.5. The van der Waals surface area contributed by atoms with Crippen LogP contribution in [0, 0.1) is 5.82 Å².